The Morgan fingerprint density at radius 3 is 2.64 bits per heavy atom. The molecule has 0 atom stereocenters. The summed E-state index contributed by atoms with van der Waals surface area (Å²) in [7, 11) is 0. The van der Waals surface area contributed by atoms with Crippen molar-refractivity contribution in [3.05, 3.63) is 26.6 Å². The molecule has 1 aromatic heterocycles. The lowest BCUT2D eigenvalue weighted by atomic mass is 10.1. The smallest absolute Gasteiger partial charge is 0.266 e. The van der Waals surface area contributed by atoms with E-state index in [9.17, 15) is 8.78 Å². The van der Waals surface area contributed by atoms with E-state index in [-0.39, 0.29) is 22.7 Å². The molecule has 1 rings (SSSR count). The molecule has 0 aromatic carbocycles. The van der Waals surface area contributed by atoms with Crippen molar-refractivity contribution in [2.45, 2.75) is 18.9 Å². The molecule has 0 saturated carbocycles. The molecule has 1 N–H and O–H groups in total. The van der Waals surface area contributed by atoms with Gasteiger partial charge in [0.05, 0.1) is 18.2 Å². The van der Waals surface area contributed by atoms with Gasteiger partial charge in [-0.05, 0) is 22.6 Å². The monoisotopic (exact) mass is 333 g/mol. The average Bonchev–Trinajstić information content (AvgIpc) is 2.17. The molecule has 0 saturated heterocycles. The van der Waals surface area contributed by atoms with E-state index in [0.717, 1.165) is 0 Å². The van der Waals surface area contributed by atoms with Crippen LogP contribution in [0.25, 0.3) is 0 Å². The predicted molar refractivity (Wildman–Crippen MR) is 57.4 cm³/mol. The van der Waals surface area contributed by atoms with Crippen molar-refractivity contribution in [2.75, 3.05) is 0 Å². The second-order valence-corrected chi connectivity index (χ2v) is 3.97. The molecule has 14 heavy (non-hydrogen) atoms. The average molecular weight is 334 g/mol. The van der Waals surface area contributed by atoms with Gasteiger partial charge in [0.15, 0.2) is 0 Å². The van der Waals surface area contributed by atoms with Crippen molar-refractivity contribution in [1.29, 1.82) is 0 Å². The molecule has 6 heteroatoms. The topological polar surface area (TPSA) is 33.1 Å². The van der Waals surface area contributed by atoms with Crippen LogP contribution in [0.15, 0.2) is 6.20 Å². The number of hydrogen-bond acceptors (Lipinski definition) is 2. The molecule has 0 amide bonds. The lowest BCUT2D eigenvalue weighted by molar-refractivity contribution is 0.145. The summed E-state index contributed by atoms with van der Waals surface area (Å²) in [5, 5.41) is 8.96. The molecule has 2 nitrogen and oxygen atoms in total. The Morgan fingerprint density at radius 1 is 1.57 bits per heavy atom. The van der Waals surface area contributed by atoms with Crippen LogP contribution in [-0.2, 0) is 12.5 Å². The summed E-state index contributed by atoms with van der Waals surface area (Å²) in [6.07, 6.45) is -1.23. The largest absolute Gasteiger partial charge is 0.392 e. The van der Waals surface area contributed by atoms with Gasteiger partial charge in [0.25, 0.3) is 6.43 Å². The number of aliphatic hydroxyl groups excluding tert-OH is 1. The van der Waals surface area contributed by atoms with E-state index < -0.39 is 13.0 Å². The third kappa shape index (κ3) is 2.32. The quantitative estimate of drug-likeness (QED) is 0.681. The third-order valence-electron chi connectivity index (χ3n) is 1.76. The highest BCUT2D eigenvalue weighted by Crippen LogP contribution is 2.29. The molecule has 0 spiro atoms. The minimum Gasteiger partial charge on any atom is -0.392 e. The standard InChI is InChI=1S/C8H7ClF2INO/c9-1-6-7(8(10)11)4(3-14)5(12)2-13-6/h2,8,14H,1,3H2. The second-order valence-electron chi connectivity index (χ2n) is 2.54. The van der Waals surface area contributed by atoms with Gasteiger partial charge < -0.3 is 5.11 Å². The van der Waals surface area contributed by atoms with Gasteiger partial charge in [-0.25, -0.2) is 8.78 Å². The van der Waals surface area contributed by atoms with E-state index in [4.69, 9.17) is 16.7 Å². The van der Waals surface area contributed by atoms with E-state index in [2.05, 4.69) is 4.98 Å². The Labute approximate surface area is 98.4 Å². The zero-order chi connectivity index (χ0) is 10.7. The first-order valence-corrected chi connectivity index (χ1v) is 5.34. The maximum atomic E-state index is 12.6. The first kappa shape index (κ1) is 12.1. The molecular weight excluding hydrogens is 326 g/mol. The van der Waals surface area contributed by atoms with Crippen LogP contribution in [0.5, 0.6) is 0 Å². The number of hydrogen-bond donors (Lipinski definition) is 1. The van der Waals surface area contributed by atoms with Crippen LogP contribution in [0.3, 0.4) is 0 Å². The van der Waals surface area contributed by atoms with Crippen molar-refractivity contribution in [3.63, 3.8) is 0 Å². The fraction of sp³-hybridized carbons (Fsp3) is 0.375. The summed E-state index contributed by atoms with van der Waals surface area (Å²) < 4.78 is 25.8. The van der Waals surface area contributed by atoms with E-state index in [0.29, 0.717) is 3.57 Å². The zero-order valence-corrected chi connectivity index (χ0v) is 9.89. The van der Waals surface area contributed by atoms with Gasteiger partial charge in [-0.2, -0.15) is 0 Å². The molecule has 1 aromatic rings. The molecule has 0 unspecified atom stereocenters. The van der Waals surface area contributed by atoms with Crippen LogP contribution in [0.4, 0.5) is 8.78 Å². The fourth-order valence-electron chi connectivity index (χ4n) is 1.11. The van der Waals surface area contributed by atoms with Gasteiger partial charge in [-0.15, -0.1) is 11.6 Å². The highest BCUT2D eigenvalue weighted by molar-refractivity contribution is 14.1. The predicted octanol–water partition coefficient (Wildman–Crippen LogP) is 2.85. The Balaban J connectivity index is 3.36. The van der Waals surface area contributed by atoms with E-state index in [1.807, 2.05) is 22.6 Å². The summed E-state index contributed by atoms with van der Waals surface area (Å²) >= 11 is 7.33. The van der Waals surface area contributed by atoms with Gasteiger partial charge in [0.1, 0.15) is 0 Å². The number of aromatic nitrogens is 1. The van der Waals surface area contributed by atoms with Gasteiger partial charge in [-0.3, -0.25) is 4.98 Å². The summed E-state index contributed by atoms with van der Waals surface area (Å²) in [5.41, 5.74) is 0.104. The number of alkyl halides is 3. The SMILES string of the molecule is OCc1c(I)cnc(CCl)c1C(F)F. The first-order chi connectivity index (χ1) is 6.61. The molecule has 1 heterocycles. The van der Waals surface area contributed by atoms with E-state index in [1.54, 1.807) is 0 Å². The highest BCUT2D eigenvalue weighted by Gasteiger charge is 2.20. The summed E-state index contributed by atoms with van der Waals surface area (Å²) in [6, 6.07) is 0. The maximum Gasteiger partial charge on any atom is 0.266 e. The normalized spacial score (nSPS) is 11.0. The van der Waals surface area contributed by atoms with E-state index in [1.165, 1.54) is 6.20 Å². The minimum absolute atomic E-state index is 0.0798. The fourth-order valence-corrected chi connectivity index (χ4v) is 1.92. The Morgan fingerprint density at radius 2 is 2.21 bits per heavy atom. The van der Waals surface area contributed by atoms with Crippen molar-refractivity contribution in [2.24, 2.45) is 0 Å². The minimum atomic E-state index is -2.66. The molecular formula is C8H7ClF2INO. The summed E-state index contributed by atoms with van der Waals surface area (Å²) in [4.78, 5) is 3.80. The van der Waals surface area contributed by atoms with Crippen LogP contribution in [0.1, 0.15) is 23.2 Å². The molecule has 0 aliphatic carbocycles. The van der Waals surface area contributed by atoms with Crippen molar-refractivity contribution in [1.82, 2.24) is 4.98 Å². The third-order valence-corrected chi connectivity index (χ3v) is 2.94. The zero-order valence-electron chi connectivity index (χ0n) is 6.98. The van der Waals surface area contributed by atoms with Crippen LogP contribution in [0, 0.1) is 3.57 Å². The lowest BCUT2D eigenvalue weighted by Gasteiger charge is -2.11. The van der Waals surface area contributed by atoms with Gasteiger partial charge in [0.2, 0.25) is 0 Å². The molecule has 0 aliphatic rings. The number of rotatable bonds is 3. The highest BCUT2D eigenvalue weighted by atomic mass is 127. The first-order valence-electron chi connectivity index (χ1n) is 3.73. The van der Waals surface area contributed by atoms with E-state index >= 15 is 0 Å². The number of halogens is 4. The van der Waals surface area contributed by atoms with Gasteiger partial charge in [-0.1, -0.05) is 0 Å². The number of pyridine rings is 1. The summed E-state index contributed by atoms with van der Waals surface area (Å²) in [5.74, 6) is -0.0798. The number of aliphatic hydroxyl groups is 1. The molecule has 0 bridgehead atoms. The van der Waals surface area contributed by atoms with Gasteiger partial charge in [0, 0.05) is 20.9 Å². The molecule has 0 fully saturated rings. The molecule has 0 radical (unpaired) electrons. The van der Waals surface area contributed by atoms with Crippen LogP contribution >= 0.6 is 34.2 Å². The lowest BCUT2D eigenvalue weighted by Crippen LogP contribution is -2.05. The van der Waals surface area contributed by atoms with Crippen molar-refractivity contribution in [3.8, 4) is 0 Å². The Kier molecular flexibility index (Phi) is 4.46. The molecule has 0 aliphatic heterocycles. The van der Waals surface area contributed by atoms with Gasteiger partial charge >= 0.3 is 0 Å². The summed E-state index contributed by atoms with van der Waals surface area (Å²) in [6.45, 7) is -0.426. The van der Waals surface area contributed by atoms with Crippen molar-refractivity contribution >= 4 is 34.2 Å². The Bertz CT molecular complexity index is 335. The Hall–Kier alpha value is -0.0100. The van der Waals surface area contributed by atoms with Crippen molar-refractivity contribution < 1.29 is 13.9 Å². The maximum absolute atomic E-state index is 12.6. The second kappa shape index (κ2) is 5.18. The van der Waals surface area contributed by atoms with Crippen LogP contribution in [0.2, 0.25) is 0 Å². The number of nitrogens with zero attached hydrogens (tertiary/aromatic N) is 1. The van der Waals surface area contributed by atoms with Crippen LogP contribution in [-0.4, -0.2) is 10.1 Å². The molecule has 78 valence electrons. The van der Waals surface area contributed by atoms with Crippen LogP contribution < -0.4 is 0 Å².